The number of amides is 1. The monoisotopic (exact) mass is 346 g/mol. The van der Waals surface area contributed by atoms with E-state index in [1.807, 2.05) is 30.3 Å². The zero-order valence-corrected chi connectivity index (χ0v) is 13.5. The van der Waals surface area contributed by atoms with Crippen LogP contribution >= 0.6 is 11.6 Å². The van der Waals surface area contributed by atoms with Crippen molar-refractivity contribution in [1.29, 1.82) is 0 Å². The fraction of sp³-hybridized carbons (Fsp3) is 0.176. The van der Waals surface area contributed by atoms with Crippen molar-refractivity contribution in [3.63, 3.8) is 0 Å². The molecule has 7 heteroatoms. The zero-order chi connectivity index (χ0) is 16.9. The van der Waals surface area contributed by atoms with Crippen LogP contribution in [0.15, 0.2) is 57.7 Å². The number of carbonyl (C=O) groups is 1. The summed E-state index contributed by atoms with van der Waals surface area (Å²) in [6.45, 7) is 0.551. The number of halogens is 1. The molecule has 0 aliphatic heterocycles. The lowest BCUT2D eigenvalue weighted by Crippen LogP contribution is -2.33. The summed E-state index contributed by atoms with van der Waals surface area (Å²) in [5, 5.41) is 3.17. The normalized spacial score (nSPS) is 10.7. The van der Waals surface area contributed by atoms with Crippen LogP contribution < -0.4 is 15.8 Å². The molecule has 0 saturated heterocycles. The first kappa shape index (κ1) is 16.1. The molecule has 1 amide bonds. The Hall–Kier alpha value is -2.73. The second-order valence-corrected chi connectivity index (χ2v) is 5.51. The van der Waals surface area contributed by atoms with Gasteiger partial charge in [-0.15, -0.1) is 0 Å². The highest BCUT2D eigenvalue weighted by atomic mass is 35.5. The number of nitrogens with one attached hydrogen (secondary N) is 1. The number of hydrogen-bond donors (Lipinski definition) is 1. The molecule has 6 nitrogen and oxygen atoms in total. The van der Waals surface area contributed by atoms with E-state index in [0.29, 0.717) is 29.3 Å². The van der Waals surface area contributed by atoms with E-state index >= 15 is 0 Å². The molecule has 0 aliphatic carbocycles. The molecule has 0 spiro atoms. The van der Waals surface area contributed by atoms with Crippen molar-refractivity contribution >= 4 is 28.6 Å². The van der Waals surface area contributed by atoms with Crippen LogP contribution in [0.5, 0.6) is 5.75 Å². The van der Waals surface area contributed by atoms with Crippen molar-refractivity contribution < 1.29 is 13.9 Å². The fourth-order valence-corrected chi connectivity index (χ4v) is 2.43. The molecule has 1 aromatic heterocycles. The summed E-state index contributed by atoms with van der Waals surface area (Å²) in [6, 6.07) is 14.1. The van der Waals surface area contributed by atoms with E-state index in [1.54, 1.807) is 18.2 Å². The molecular weight excluding hydrogens is 332 g/mol. The number of nitrogens with zero attached hydrogens (tertiary/aromatic N) is 1. The lowest BCUT2D eigenvalue weighted by atomic mass is 10.3. The number of benzene rings is 2. The summed E-state index contributed by atoms with van der Waals surface area (Å²) in [7, 11) is 0. The third-order valence-electron chi connectivity index (χ3n) is 3.37. The molecule has 2 aromatic carbocycles. The van der Waals surface area contributed by atoms with Crippen LogP contribution in [0.1, 0.15) is 0 Å². The smallest absolute Gasteiger partial charge is 0.420 e. The topological polar surface area (TPSA) is 73.5 Å². The van der Waals surface area contributed by atoms with Gasteiger partial charge in [0.25, 0.3) is 0 Å². The predicted octanol–water partition coefficient (Wildman–Crippen LogP) is 2.44. The quantitative estimate of drug-likeness (QED) is 0.696. The molecule has 24 heavy (non-hydrogen) atoms. The second-order valence-electron chi connectivity index (χ2n) is 5.08. The van der Waals surface area contributed by atoms with E-state index in [-0.39, 0.29) is 12.5 Å². The molecule has 124 valence electrons. The first-order valence-electron chi connectivity index (χ1n) is 7.37. The minimum Gasteiger partial charge on any atom is -0.492 e. The third-order valence-corrected chi connectivity index (χ3v) is 3.60. The lowest BCUT2D eigenvalue weighted by molar-refractivity contribution is -0.121. The van der Waals surface area contributed by atoms with E-state index in [4.69, 9.17) is 20.8 Å². The van der Waals surface area contributed by atoms with Crippen molar-refractivity contribution in [2.24, 2.45) is 0 Å². The minimum absolute atomic E-state index is 0.126. The number of ether oxygens (including phenoxy) is 1. The number of oxazole rings is 1. The van der Waals surface area contributed by atoms with E-state index in [0.717, 1.165) is 5.75 Å². The molecule has 1 heterocycles. The highest BCUT2D eigenvalue weighted by molar-refractivity contribution is 6.31. The third kappa shape index (κ3) is 3.78. The Morgan fingerprint density at radius 3 is 2.79 bits per heavy atom. The van der Waals surface area contributed by atoms with Crippen molar-refractivity contribution in [3.05, 3.63) is 64.1 Å². The van der Waals surface area contributed by atoms with Crippen molar-refractivity contribution in [1.82, 2.24) is 9.88 Å². The van der Waals surface area contributed by atoms with Crippen LogP contribution in [-0.2, 0) is 11.3 Å². The van der Waals surface area contributed by atoms with Gasteiger partial charge in [0.05, 0.1) is 12.1 Å². The molecule has 0 fully saturated rings. The molecule has 1 N–H and O–H groups in total. The maximum absolute atomic E-state index is 12.0. The Balaban J connectivity index is 1.55. The average molecular weight is 347 g/mol. The van der Waals surface area contributed by atoms with Crippen LogP contribution in [0.4, 0.5) is 0 Å². The molecule has 0 saturated carbocycles. The van der Waals surface area contributed by atoms with E-state index in [1.165, 1.54) is 4.57 Å². The maximum Gasteiger partial charge on any atom is 0.420 e. The summed E-state index contributed by atoms with van der Waals surface area (Å²) >= 11 is 5.86. The second kappa shape index (κ2) is 7.23. The zero-order valence-electron chi connectivity index (χ0n) is 12.7. The number of carbonyl (C=O) groups excluding carboxylic acids is 1. The van der Waals surface area contributed by atoms with Crippen molar-refractivity contribution in [2.75, 3.05) is 13.2 Å². The summed E-state index contributed by atoms with van der Waals surface area (Å²) in [4.78, 5) is 23.8. The fourth-order valence-electron chi connectivity index (χ4n) is 2.27. The Morgan fingerprint density at radius 1 is 1.21 bits per heavy atom. The van der Waals surface area contributed by atoms with Gasteiger partial charge in [-0.2, -0.15) is 0 Å². The van der Waals surface area contributed by atoms with Crippen LogP contribution in [0, 0.1) is 0 Å². The largest absolute Gasteiger partial charge is 0.492 e. The molecule has 0 aliphatic rings. The summed E-state index contributed by atoms with van der Waals surface area (Å²) < 4.78 is 11.8. The summed E-state index contributed by atoms with van der Waals surface area (Å²) in [6.07, 6.45) is 0. The minimum atomic E-state index is -0.594. The molecular formula is C17H15ClN2O4. The number of fused-ring (bicyclic) bond motifs is 1. The number of rotatable bonds is 6. The van der Waals surface area contributed by atoms with Gasteiger partial charge in [-0.05, 0) is 24.3 Å². The standard InChI is InChI=1S/C17H15ClN2O4/c18-12-6-7-14-15(10-12)24-17(22)20(14)11-16(21)19-8-9-23-13-4-2-1-3-5-13/h1-7,10H,8-9,11H2,(H,19,21). The van der Waals surface area contributed by atoms with E-state index < -0.39 is 5.76 Å². The first-order valence-corrected chi connectivity index (χ1v) is 7.75. The van der Waals surface area contributed by atoms with Gasteiger partial charge in [-0.3, -0.25) is 9.36 Å². The van der Waals surface area contributed by atoms with Gasteiger partial charge in [-0.25, -0.2) is 4.79 Å². The van der Waals surface area contributed by atoms with E-state index in [9.17, 15) is 9.59 Å². The van der Waals surface area contributed by atoms with Gasteiger partial charge in [-0.1, -0.05) is 29.8 Å². The molecule has 0 radical (unpaired) electrons. The van der Waals surface area contributed by atoms with Gasteiger partial charge in [0.15, 0.2) is 5.58 Å². The Morgan fingerprint density at radius 2 is 2.00 bits per heavy atom. The molecule has 0 unspecified atom stereocenters. The van der Waals surface area contributed by atoms with Crippen LogP contribution in [-0.4, -0.2) is 23.6 Å². The SMILES string of the molecule is O=C(Cn1c(=O)oc2cc(Cl)ccc21)NCCOc1ccccc1. The Bertz CT molecular complexity index is 902. The van der Waals surface area contributed by atoms with Gasteiger partial charge >= 0.3 is 5.76 Å². The number of para-hydroxylation sites is 1. The summed E-state index contributed by atoms with van der Waals surface area (Å²) in [5.74, 6) is -0.157. The maximum atomic E-state index is 12.0. The van der Waals surface area contributed by atoms with E-state index in [2.05, 4.69) is 5.32 Å². The lowest BCUT2D eigenvalue weighted by Gasteiger charge is -2.08. The number of hydrogen-bond acceptors (Lipinski definition) is 4. The number of aromatic nitrogens is 1. The highest BCUT2D eigenvalue weighted by Gasteiger charge is 2.12. The molecule has 0 bridgehead atoms. The van der Waals surface area contributed by atoms with Crippen molar-refractivity contribution in [2.45, 2.75) is 6.54 Å². The Labute approximate surface area is 142 Å². The highest BCUT2D eigenvalue weighted by Crippen LogP contribution is 2.18. The van der Waals surface area contributed by atoms with Crippen LogP contribution in [0.3, 0.4) is 0 Å². The van der Waals surface area contributed by atoms with Gasteiger partial charge in [0, 0.05) is 11.1 Å². The van der Waals surface area contributed by atoms with Gasteiger partial charge in [0.2, 0.25) is 5.91 Å². The first-order chi connectivity index (χ1) is 11.6. The molecule has 3 aromatic rings. The Kier molecular flexibility index (Phi) is 4.86. The molecule has 3 rings (SSSR count). The van der Waals surface area contributed by atoms with Crippen molar-refractivity contribution in [3.8, 4) is 5.75 Å². The average Bonchev–Trinajstić information content (AvgIpc) is 2.87. The molecule has 0 atom stereocenters. The van der Waals surface area contributed by atoms with Crippen LogP contribution in [0.25, 0.3) is 11.1 Å². The summed E-state index contributed by atoms with van der Waals surface area (Å²) in [5.41, 5.74) is 0.882. The van der Waals surface area contributed by atoms with Gasteiger partial charge < -0.3 is 14.5 Å². The van der Waals surface area contributed by atoms with Gasteiger partial charge in [0.1, 0.15) is 18.9 Å². The predicted molar refractivity (Wildman–Crippen MR) is 90.4 cm³/mol. The van der Waals surface area contributed by atoms with Crippen LogP contribution in [0.2, 0.25) is 5.02 Å².